The van der Waals surface area contributed by atoms with Crippen LogP contribution in [0.2, 0.25) is 0 Å². The lowest BCUT2D eigenvalue weighted by atomic mass is 9.77. The molecule has 0 radical (unpaired) electrons. The van der Waals surface area contributed by atoms with Crippen molar-refractivity contribution >= 4 is 23.3 Å². The summed E-state index contributed by atoms with van der Waals surface area (Å²) >= 11 is 5.35. The minimum Gasteiger partial charge on any atom is -0.481 e. The number of hydrazine groups is 1. The van der Waals surface area contributed by atoms with Crippen LogP contribution in [0.1, 0.15) is 44.1 Å². The number of nitrogens with one attached hydrogen (secondary N) is 3. The molecule has 0 unspecified atom stereocenters. The number of thiocarbonyl (C=S) groups is 1. The molecule has 4 atom stereocenters. The zero-order valence-corrected chi connectivity index (χ0v) is 17.5. The predicted octanol–water partition coefficient (Wildman–Crippen LogP) is 3.15. The Morgan fingerprint density at radius 3 is 2.69 bits per heavy atom. The minimum atomic E-state index is -0.727. The van der Waals surface area contributed by atoms with Crippen LogP contribution in [0.5, 0.6) is 0 Å². The fourth-order valence-electron chi connectivity index (χ4n) is 4.29. The van der Waals surface area contributed by atoms with Crippen molar-refractivity contribution in [3.8, 4) is 0 Å². The van der Waals surface area contributed by atoms with Crippen LogP contribution in [0.3, 0.4) is 0 Å². The molecule has 29 heavy (non-hydrogen) atoms. The van der Waals surface area contributed by atoms with Crippen LogP contribution in [0.4, 0.5) is 0 Å². The Kier molecular flexibility index (Phi) is 8.46. The fraction of sp³-hybridized carbons (Fsp3) is 0.545. The minimum absolute atomic E-state index is 0.234. The third-order valence-corrected chi connectivity index (χ3v) is 6.01. The highest BCUT2D eigenvalue weighted by atomic mass is 32.1. The van der Waals surface area contributed by atoms with E-state index in [0.29, 0.717) is 42.1 Å². The van der Waals surface area contributed by atoms with Crippen molar-refractivity contribution in [1.29, 1.82) is 0 Å². The number of fused-ring (bicyclic) bond motifs is 2. The predicted molar refractivity (Wildman–Crippen MR) is 117 cm³/mol. The molecular formula is C22H31N3O3S. The van der Waals surface area contributed by atoms with E-state index in [9.17, 15) is 4.79 Å². The molecule has 2 aliphatic heterocycles. The second kappa shape index (κ2) is 11.3. The third-order valence-electron chi connectivity index (χ3n) is 5.76. The van der Waals surface area contributed by atoms with E-state index in [1.165, 1.54) is 5.56 Å². The average Bonchev–Trinajstić information content (AvgIpc) is 3.32. The molecule has 6 nitrogen and oxygen atoms in total. The average molecular weight is 418 g/mol. The lowest BCUT2D eigenvalue weighted by Gasteiger charge is -2.27. The Hall–Kier alpha value is -1.96. The van der Waals surface area contributed by atoms with Crippen molar-refractivity contribution in [2.24, 2.45) is 11.8 Å². The Labute approximate surface area is 178 Å². The quantitative estimate of drug-likeness (QED) is 0.191. The normalized spacial score (nSPS) is 25.4. The zero-order chi connectivity index (χ0) is 20.5. The first-order valence-corrected chi connectivity index (χ1v) is 10.9. The lowest BCUT2D eigenvalue weighted by Crippen LogP contribution is -2.47. The van der Waals surface area contributed by atoms with Gasteiger partial charge in [-0.15, -0.1) is 0 Å². The van der Waals surface area contributed by atoms with E-state index in [2.05, 4.69) is 40.5 Å². The second-order valence-electron chi connectivity index (χ2n) is 7.79. The standard InChI is InChI=1S/C22H31N3O3S/c26-21(27)11-7-2-1-6-10-17-18(20-13-12-19(17)28-20)15-24-25-22(29)23-14-16-8-4-3-5-9-16/h1,3-6,8-9,17-20,24H,2,7,10-15H2,(H,26,27)(H2,23,25,29)/t17-,18-,19-,20+/m1/s1. The summed E-state index contributed by atoms with van der Waals surface area (Å²) in [7, 11) is 0. The Balaban J connectivity index is 1.36. The molecule has 2 bridgehead atoms. The van der Waals surface area contributed by atoms with Gasteiger partial charge < -0.3 is 15.2 Å². The molecule has 4 N–H and O–H groups in total. The van der Waals surface area contributed by atoms with Gasteiger partial charge >= 0.3 is 5.97 Å². The Bertz CT molecular complexity index is 698. The highest BCUT2D eigenvalue weighted by Gasteiger charge is 2.47. The first kappa shape index (κ1) is 21.7. The summed E-state index contributed by atoms with van der Waals surface area (Å²) in [5, 5.41) is 12.5. The van der Waals surface area contributed by atoms with Crippen molar-refractivity contribution in [3.05, 3.63) is 48.0 Å². The summed E-state index contributed by atoms with van der Waals surface area (Å²) in [5.74, 6) is 0.237. The SMILES string of the molecule is O=C(O)CCCC=CC[C@@H]1[C@@H](CNNC(=S)NCc2ccccc2)[C@@H]2CC[C@H]1O2. The van der Waals surface area contributed by atoms with Gasteiger partial charge in [0, 0.05) is 25.4 Å². The number of unbranched alkanes of at least 4 members (excludes halogenated alkanes) is 1. The summed E-state index contributed by atoms with van der Waals surface area (Å²) in [6, 6.07) is 10.2. The van der Waals surface area contributed by atoms with Crippen LogP contribution in [-0.2, 0) is 16.1 Å². The molecule has 7 heteroatoms. The molecule has 1 aromatic carbocycles. The monoisotopic (exact) mass is 417 g/mol. The van der Waals surface area contributed by atoms with E-state index < -0.39 is 5.97 Å². The number of hydrogen-bond acceptors (Lipinski definition) is 4. The van der Waals surface area contributed by atoms with Crippen molar-refractivity contribution in [2.45, 2.75) is 57.3 Å². The van der Waals surface area contributed by atoms with Gasteiger partial charge in [0.2, 0.25) is 0 Å². The van der Waals surface area contributed by atoms with Crippen LogP contribution in [0.25, 0.3) is 0 Å². The van der Waals surface area contributed by atoms with Crippen molar-refractivity contribution in [1.82, 2.24) is 16.2 Å². The van der Waals surface area contributed by atoms with E-state index in [1.54, 1.807) is 0 Å². The van der Waals surface area contributed by atoms with Crippen molar-refractivity contribution in [2.75, 3.05) is 6.54 Å². The summed E-state index contributed by atoms with van der Waals surface area (Å²) in [4.78, 5) is 10.6. The molecule has 0 aromatic heterocycles. The Morgan fingerprint density at radius 1 is 1.17 bits per heavy atom. The van der Waals surface area contributed by atoms with Gasteiger partial charge in [-0.2, -0.15) is 0 Å². The zero-order valence-electron chi connectivity index (χ0n) is 16.7. The topological polar surface area (TPSA) is 82.6 Å². The maximum atomic E-state index is 10.6. The number of hydrogen-bond donors (Lipinski definition) is 4. The maximum absolute atomic E-state index is 10.6. The van der Waals surface area contributed by atoms with Gasteiger partial charge in [-0.1, -0.05) is 42.5 Å². The molecule has 0 amide bonds. The van der Waals surface area contributed by atoms with Gasteiger partial charge in [-0.3, -0.25) is 10.2 Å². The number of benzene rings is 1. The molecule has 2 aliphatic rings. The summed E-state index contributed by atoms with van der Waals surface area (Å²) in [5.41, 5.74) is 7.56. The van der Waals surface area contributed by atoms with Crippen LogP contribution >= 0.6 is 12.2 Å². The summed E-state index contributed by atoms with van der Waals surface area (Å²) < 4.78 is 6.14. The largest absolute Gasteiger partial charge is 0.481 e. The lowest BCUT2D eigenvalue weighted by molar-refractivity contribution is -0.137. The number of allylic oxidation sites excluding steroid dienone is 2. The molecule has 1 aromatic rings. The number of carboxylic acid groups (broad SMARTS) is 1. The van der Waals surface area contributed by atoms with Gasteiger partial charge in [0.25, 0.3) is 0 Å². The number of aliphatic carboxylic acids is 1. The number of rotatable bonds is 11. The number of carbonyl (C=O) groups is 1. The smallest absolute Gasteiger partial charge is 0.303 e. The third kappa shape index (κ3) is 6.80. The molecular weight excluding hydrogens is 386 g/mol. The molecule has 0 spiro atoms. The maximum Gasteiger partial charge on any atom is 0.303 e. The van der Waals surface area contributed by atoms with E-state index in [1.807, 2.05) is 18.2 Å². The molecule has 2 saturated heterocycles. The number of carboxylic acids is 1. The first-order valence-electron chi connectivity index (χ1n) is 10.5. The van der Waals surface area contributed by atoms with E-state index in [-0.39, 0.29) is 6.42 Å². The number of ether oxygens (including phenoxy) is 1. The van der Waals surface area contributed by atoms with E-state index in [4.69, 9.17) is 22.1 Å². The molecule has 2 heterocycles. The molecule has 3 rings (SSSR count). The van der Waals surface area contributed by atoms with E-state index >= 15 is 0 Å². The van der Waals surface area contributed by atoms with E-state index in [0.717, 1.165) is 32.2 Å². The van der Waals surface area contributed by atoms with Crippen LogP contribution in [0, 0.1) is 11.8 Å². The van der Waals surface area contributed by atoms with Gasteiger partial charge in [-0.05, 0) is 55.8 Å². The highest BCUT2D eigenvalue weighted by Crippen LogP contribution is 2.44. The Morgan fingerprint density at radius 2 is 1.93 bits per heavy atom. The summed E-state index contributed by atoms with van der Waals surface area (Å²) in [6.07, 6.45) is 9.99. The molecule has 0 aliphatic carbocycles. The van der Waals surface area contributed by atoms with Crippen LogP contribution in [0.15, 0.2) is 42.5 Å². The van der Waals surface area contributed by atoms with Crippen LogP contribution in [-0.4, -0.2) is 34.9 Å². The summed E-state index contributed by atoms with van der Waals surface area (Å²) in [6.45, 7) is 1.51. The molecule has 158 valence electrons. The van der Waals surface area contributed by atoms with Gasteiger partial charge in [0.15, 0.2) is 5.11 Å². The van der Waals surface area contributed by atoms with Gasteiger partial charge in [0.1, 0.15) is 0 Å². The van der Waals surface area contributed by atoms with Gasteiger partial charge in [0.05, 0.1) is 12.2 Å². The second-order valence-corrected chi connectivity index (χ2v) is 8.19. The highest BCUT2D eigenvalue weighted by molar-refractivity contribution is 7.80. The van der Waals surface area contributed by atoms with Crippen molar-refractivity contribution < 1.29 is 14.6 Å². The van der Waals surface area contributed by atoms with Crippen LogP contribution < -0.4 is 16.2 Å². The van der Waals surface area contributed by atoms with Gasteiger partial charge in [-0.25, -0.2) is 5.43 Å². The first-order chi connectivity index (χ1) is 14.1. The fourth-order valence-corrected chi connectivity index (χ4v) is 4.44. The van der Waals surface area contributed by atoms with Crippen molar-refractivity contribution in [3.63, 3.8) is 0 Å². The molecule has 0 saturated carbocycles. The molecule has 2 fully saturated rings.